The molecule has 1 N–H and O–H groups in total. The van der Waals surface area contributed by atoms with E-state index in [9.17, 15) is 4.79 Å². The molecule has 152 valence electrons. The first-order valence-corrected chi connectivity index (χ1v) is 12.0. The molecule has 1 atom stereocenters. The van der Waals surface area contributed by atoms with Gasteiger partial charge < -0.3 is 5.32 Å². The summed E-state index contributed by atoms with van der Waals surface area (Å²) < 4.78 is 0. The Kier molecular flexibility index (Phi) is 5.93. The summed E-state index contributed by atoms with van der Waals surface area (Å²) in [4.78, 5) is 24.5. The topological polar surface area (TPSA) is 54.9 Å². The number of rotatable bonds is 5. The Balaban J connectivity index is 1.48. The minimum absolute atomic E-state index is 0.0107. The Morgan fingerprint density at radius 1 is 1.17 bits per heavy atom. The second kappa shape index (κ2) is 8.44. The summed E-state index contributed by atoms with van der Waals surface area (Å²) in [5.41, 5.74) is 5.07. The highest BCUT2D eigenvalue weighted by molar-refractivity contribution is 8.00. The number of thiophene rings is 1. The van der Waals surface area contributed by atoms with Crippen LogP contribution in [0, 0.1) is 20.8 Å². The lowest BCUT2D eigenvalue weighted by atomic mass is 9.97. The van der Waals surface area contributed by atoms with Crippen molar-refractivity contribution < 1.29 is 4.79 Å². The molecule has 3 aromatic rings. The second-order valence-corrected chi connectivity index (χ2v) is 9.94. The number of carbonyl (C=O) groups excluding carboxylic acids is 1. The van der Waals surface area contributed by atoms with Gasteiger partial charge in [-0.15, -0.1) is 11.3 Å². The van der Waals surface area contributed by atoms with Gasteiger partial charge in [0.2, 0.25) is 5.91 Å². The van der Waals surface area contributed by atoms with E-state index in [4.69, 9.17) is 4.98 Å². The van der Waals surface area contributed by atoms with Crippen LogP contribution in [0.4, 0.5) is 0 Å². The average molecular weight is 426 g/mol. The van der Waals surface area contributed by atoms with Gasteiger partial charge in [-0.25, -0.2) is 9.97 Å². The maximum Gasteiger partial charge on any atom is 0.230 e. The fourth-order valence-electron chi connectivity index (χ4n) is 3.86. The number of nitrogens with one attached hydrogen (secondary N) is 1. The molecule has 0 fully saturated rings. The molecule has 0 bridgehead atoms. The van der Waals surface area contributed by atoms with Crippen molar-refractivity contribution in [3.05, 3.63) is 51.2 Å². The van der Waals surface area contributed by atoms with Gasteiger partial charge in [0.15, 0.2) is 0 Å². The van der Waals surface area contributed by atoms with Crippen LogP contribution in [0.2, 0.25) is 0 Å². The summed E-state index contributed by atoms with van der Waals surface area (Å²) in [7, 11) is 0. The average Bonchev–Trinajstić information content (AvgIpc) is 3.06. The number of aromatic nitrogens is 2. The van der Waals surface area contributed by atoms with Gasteiger partial charge in [-0.1, -0.05) is 30.0 Å². The molecule has 2 heterocycles. The van der Waals surface area contributed by atoms with Crippen LogP contribution in [0.15, 0.2) is 23.2 Å². The van der Waals surface area contributed by atoms with Crippen molar-refractivity contribution in [1.82, 2.24) is 15.3 Å². The molecule has 4 rings (SSSR count). The summed E-state index contributed by atoms with van der Waals surface area (Å²) >= 11 is 3.34. The van der Waals surface area contributed by atoms with Crippen LogP contribution in [0.5, 0.6) is 0 Å². The van der Waals surface area contributed by atoms with E-state index in [2.05, 4.69) is 42.3 Å². The quantitative estimate of drug-likeness (QED) is 0.435. The molecule has 1 aromatic carbocycles. The molecule has 1 amide bonds. The van der Waals surface area contributed by atoms with Crippen molar-refractivity contribution in [2.45, 2.75) is 64.4 Å². The Morgan fingerprint density at radius 2 is 1.97 bits per heavy atom. The SMILES string of the molecule is Cc1nc(SCC(=O)N[C@@H](C)c2ccc(C)c(C)c2)c2c3c(sc2n1)CCCC3. The summed E-state index contributed by atoms with van der Waals surface area (Å²) in [6, 6.07) is 6.35. The van der Waals surface area contributed by atoms with Crippen LogP contribution in [0.3, 0.4) is 0 Å². The molecular weight excluding hydrogens is 398 g/mol. The molecule has 1 aliphatic rings. The molecule has 0 radical (unpaired) electrons. The minimum Gasteiger partial charge on any atom is -0.349 e. The van der Waals surface area contributed by atoms with E-state index in [0.29, 0.717) is 5.75 Å². The van der Waals surface area contributed by atoms with Crippen molar-refractivity contribution in [2.75, 3.05) is 5.75 Å². The maximum atomic E-state index is 12.6. The molecule has 1 aliphatic carbocycles. The highest BCUT2D eigenvalue weighted by Crippen LogP contribution is 2.39. The molecule has 6 heteroatoms. The van der Waals surface area contributed by atoms with Crippen molar-refractivity contribution in [2.24, 2.45) is 0 Å². The number of nitrogens with zero attached hydrogens (tertiary/aromatic N) is 2. The van der Waals surface area contributed by atoms with Gasteiger partial charge in [0.05, 0.1) is 11.8 Å². The monoisotopic (exact) mass is 425 g/mol. The van der Waals surface area contributed by atoms with Gasteiger partial charge >= 0.3 is 0 Å². The molecule has 0 saturated heterocycles. The first-order chi connectivity index (χ1) is 13.9. The first kappa shape index (κ1) is 20.4. The summed E-state index contributed by atoms with van der Waals surface area (Å²) in [6.45, 7) is 8.18. The second-order valence-electron chi connectivity index (χ2n) is 7.89. The largest absolute Gasteiger partial charge is 0.349 e. The number of aryl methyl sites for hydroxylation is 5. The molecule has 0 saturated carbocycles. The Hall–Kier alpha value is -1.92. The standard InChI is InChI=1S/C23H27N3OS2/c1-13-9-10-17(11-14(13)2)15(3)24-20(27)12-28-22-21-18-7-5-6-8-19(18)29-23(21)26-16(4)25-22/h9-11,15H,5-8,12H2,1-4H3,(H,24,27)/t15-/m0/s1. The van der Waals surface area contributed by atoms with Crippen LogP contribution in [-0.2, 0) is 17.6 Å². The fourth-order valence-corrected chi connectivity index (χ4v) is 6.15. The summed E-state index contributed by atoms with van der Waals surface area (Å²) in [6.07, 6.45) is 4.73. The lowest BCUT2D eigenvalue weighted by molar-refractivity contribution is -0.119. The normalized spacial score (nSPS) is 14.6. The van der Waals surface area contributed by atoms with Gasteiger partial charge in [0.1, 0.15) is 15.7 Å². The molecular formula is C23H27N3OS2. The molecule has 2 aromatic heterocycles. The molecule has 0 aliphatic heterocycles. The van der Waals surface area contributed by atoms with E-state index in [1.807, 2.05) is 25.2 Å². The van der Waals surface area contributed by atoms with Crippen molar-refractivity contribution in [3.63, 3.8) is 0 Å². The molecule has 0 unspecified atom stereocenters. The lowest BCUT2D eigenvalue weighted by Gasteiger charge is -2.16. The van der Waals surface area contributed by atoms with E-state index in [1.54, 1.807) is 0 Å². The number of thioether (sulfide) groups is 1. The number of hydrogen-bond donors (Lipinski definition) is 1. The van der Waals surface area contributed by atoms with Crippen molar-refractivity contribution in [3.8, 4) is 0 Å². The zero-order valence-electron chi connectivity index (χ0n) is 17.5. The van der Waals surface area contributed by atoms with E-state index in [1.165, 1.54) is 51.6 Å². The van der Waals surface area contributed by atoms with Gasteiger partial charge in [-0.3, -0.25) is 4.79 Å². The van der Waals surface area contributed by atoms with Crippen LogP contribution in [0.25, 0.3) is 10.2 Å². The summed E-state index contributed by atoms with van der Waals surface area (Å²) in [5.74, 6) is 1.18. The fraction of sp³-hybridized carbons (Fsp3) is 0.435. The van der Waals surface area contributed by atoms with Crippen molar-refractivity contribution >= 4 is 39.2 Å². The number of benzene rings is 1. The number of carbonyl (C=O) groups is 1. The maximum absolute atomic E-state index is 12.6. The van der Waals surface area contributed by atoms with Crippen LogP contribution < -0.4 is 5.32 Å². The smallest absolute Gasteiger partial charge is 0.230 e. The van der Waals surface area contributed by atoms with Gasteiger partial charge in [0.25, 0.3) is 0 Å². The number of hydrogen-bond acceptors (Lipinski definition) is 5. The van der Waals surface area contributed by atoms with Gasteiger partial charge in [-0.2, -0.15) is 0 Å². The zero-order valence-corrected chi connectivity index (χ0v) is 19.1. The van der Waals surface area contributed by atoms with Gasteiger partial charge in [-0.05, 0) is 75.6 Å². The number of fused-ring (bicyclic) bond motifs is 3. The van der Waals surface area contributed by atoms with E-state index in [-0.39, 0.29) is 11.9 Å². The molecule has 4 nitrogen and oxygen atoms in total. The third kappa shape index (κ3) is 4.33. The molecule has 0 spiro atoms. The van der Waals surface area contributed by atoms with Gasteiger partial charge in [0, 0.05) is 10.3 Å². The Bertz CT molecular complexity index is 1070. The third-order valence-corrected chi connectivity index (χ3v) is 7.80. The predicted molar refractivity (Wildman–Crippen MR) is 122 cm³/mol. The Morgan fingerprint density at radius 3 is 2.76 bits per heavy atom. The highest BCUT2D eigenvalue weighted by Gasteiger charge is 2.21. The minimum atomic E-state index is -0.0107. The van der Waals surface area contributed by atoms with E-state index < -0.39 is 0 Å². The van der Waals surface area contributed by atoms with E-state index in [0.717, 1.165) is 34.1 Å². The van der Waals surface area contributed by atoms with E-state index >= 15 is 0 Å². The van der Waals surface area contributed by atoms with Crippen LogP contribution >= 0.6 is 23.1 Å². The van der Waals surface area contributed by atoms with Crippen molar-refractivity contribution in [1.29, 1.82) is 0 Å². The summed E-state index contributed by atoms with van der Waals surface area (Å²) in [5, 5.41) is 5.28. The van der Waals surface area contributed by atoms with Crippen LogP contribution in [-0.4, -0.2) is 21.6 Å². The number of amides is 1. The molecule has 29 heavy (non-hydrogen) atoms. The Labute approximate surface area is 180 Å². The predicted octanol–water partition coefficient (Wildman–Crippen LogP) is 5.46. The zero-order chi connectivity index (χ0) is 20.5. The van der Waals surface area contributed by atoms with Crippen LogP contribution in [0.1, 0.15) is 58.8 Å². The lowest BCUT2D eigenvalue weighted by Crippen LogP contribution is -2.28. The first-order valence-electron chi connectivity index (χ1n) is 10.2. The highest BCUT2D eigenvalue weighted by atomic mass is 32.2. The third-order valence-electron chi connectivity index (χ3n) is 5.64.